The molecule has 1 heteroatoms. The van der Waals surface area contributed by atoms with E-state index >= 15 is 0 Å². The van der Waals surface area contributed by atoms with Crippen molar-refractivity contribution in [3.05, 3.63) is 35.4 Å². The van der Waals surface area contributed by atoms with Crippen LogP contribution in [0.2, 0.25) is 0 Å². The maximum atomic E-state index is 3.29. The summed E-state index contributed by atoms with van der Waals surface area (Å²) in [5.74, 6) is 0.638. The zero-order valence-corrected chi connectivity index (χ0v) is 9.67. The molecule has 0 aliphatic carbocycles. The molecule has 14 heavy (non-hydrogen) atoms. The van der Waals surface area contributed by atoms with Gasteiger partial charge >= 0.3 is 0 Å². The van der Waals surface area contributed by atoms with Gasteiger partial charge in [-0.1, -0.05) is 31.2 Å². The van der Waals surface area contributed by atoms with Gasteiger partial charge in [-0.3, -0.25) is 0 Å². The highest BCUT2D eigenvalue weighted by Gasteiger charge is 2.10. The monoisotopic (exact) mass is 191 g/mol. The van der Waals surface area contributed by atoms with Crippen molar-refractivity contribution in [3.63, 3.8) is 0 Å². The van der Waals surface area contributed by atoms with E-state index in [1.54, 1.807) is 0 Å². The average Bonchev–Trinajstić information content (AvgIpc) is 2.18. The number of hydrogen-bond donors (Lipinski definition) is 1. The summed E-state index contributed by atoms with van der Waals surface area (Å²) in [7, 11) is 2.02. The Hall–Kier alpha value is -0.820. The van der Waals surface area contributed by atoms with Crippen molar-refractivity contribution in [1.82, 2.24) is 5.32 Å². The molecule has 0 aliphatic heterocycles. The number of hydrogen-bond acceptors (Lipinski definition) is 1. The first kappa shape index (κ1) is 11.3. The van der Waals surface area contributed by atoms with E-state index in [1.807, 2.05) is 7.05 Å². The second-order valence-electron chi connectivity index (χ2n) is 4.18. The molecule has 0 amide bonds. The normalized spacial score (nSPS) is 15.1. The van der Waals surface area contributed by atoms with Crippen LogP contribution in [0.1, 0.15) is 37.3 Å². The first-order chi connectivity index (χ1) is 6.65. The molecular formula is C13H21N. The van der Waals surface area contributed by atoms with E-state index in [9.17, 15) is 0 Å². The summed E-state index contributed by atoms with van der Waals surface area (Å²) in [6.45, 7) is 6.72. The van der Waals surface area contributed by atoms with Crippen LogP contribution >= 0.6 is 0 Å². The Labute approximate surface area is 87.5 Å². The smallest absolute Gasteiger partial charge is 0.00414 e. The fraction of sp³-hybridized carbons (Fsp3) is 0.538. The van der Waals surface area contributed by atoms with Crippen molar-refractivity contribution in [2.45, 2.75) is 39.2 Å². The van der Waals surface area contributed by atoms with Crippen LogP contribution in [-0.4, -0.2) is 13.1 Å². The molecular weight excluding hydrogens is 170 g/mol. The van der Waals surface area contributed by atoms with Crippen LogP contribution in [0.15, 0.2) is 24.3 Å². The fourth-order valence-electron chi connectivity index (χ4n) is 1.91. The van der Waals surface area contributed by atoms with Crippen LogP contribution in [0.5, 0.6) is 0 Å². The molecule has 0 bridgehead atoms. The standard InChI is InChI=1S/C13H21N/c1-10-7-5-6-8-13(10)11(2)9-12(3)14-4/h5-8,11-12,14H,9H2,1-4H3. The van der Waals surface area contributed by atoms with Crippen LogP contribution in [-0.2, 0) is 0 Å². The maximum absolute atomic E-state index is 3.29. The second-order valence-corrected chi connectivity index (χ2v) is 4.18. The molecule has 0 aromatic heterocycles. The van der Waals surface area contributed by atoms with Gasteiger partial charge in [0.05, 0.1) is 0 Å². The average molecular weight is 191 g/mol. The fourth-order valence-corrected chi connectivity index (χ4v) is 1.91. The van der Waals surface area contributed by atoms with E-state index in [4.69, 9.17) is 0 Å². The maximum Gasteiger partial charge on any atom is 0.00414 e. The minimum Gasteiger partial charge on any atom is -0.317 e. The van der Waals surface area contributed by atoms with E-state index in [1.165, 1.54) is 17.5 Å². The number of benzene rings is 1. The predicted octanol–water partition coefficient (Wildman–Crippen LogP) is 3.10. The van der Waals surface area contributed by atoms with E-state index in [-0.39, 0.29) is 0 Å². The summed E-state index contributed by atoms with van der Waals surface area (Å²) in [5, 5.41) is 3.29. The van der Waals surface area contributed by atoms with E-state index in [2.05, 4.69) is 50.4 Å². The van der Waals surface area contributed by atoms with Gasteiger partial charge in [-0.05, 0) is 44.4 Å². The highest BCUT2D eigenvalue weighted by Crippen LogP contribution is 2.23. The molecule has 0 saturated heterocycles. The van der Waals surface area contributed by atoms with Crippen LogP contribution in [0.3, 0.4) is 0 Å². The van der Waals surface area contributed by atoms with Gasteiger partial charge in [-0.2, -0.15) is 0 Å². The van der Waals surface area contributed by atoms with Crippen molar-refractivity contribution < 1.29 is 0 Å². The Bertz CT molecular complexity index is 280. The molecule has 1 aromatic rings. The minimum absolute atomic E-state index is 0.588. The number of rotatable bonds is 4. The Balaban J connectivity index is 2.69. The zero-order chi connectivity index (χ0) is 10.6. The van der Waals surface area contributed by atoms with E-state index < -0.39 is 0 Å². The lowest BCUT2D eigenvalue weighted by Crippen LogP contribution is -2.23. The lowest BCUT2D eigenvalue weighted by Gasteiger charge is -2.18. The van der Waals surface area contributed by atoms with Gasteiger partial charge in [0.15, 0.2) is 0 Å². The SMILES string of the molecule is CNC(C)CC(C)c1ccccc1C. The third-order valence-electron chi connectivity index (χ3n) is 2.92. The molecule has 1 nitrogen and oxygen atoms in total. The highest BCUT2D eigenvalue weighted by atomic mass is 14.8. The van der Waals surface area contributed by atoms with Gasteiger partial charge in [0, 0.05) is 6.04 Å². The molecule has 0 aliphatic rings. The summed E-state index contributed by atoms with van der Waals surface area (Å²) >= 11 is 0. The summed E-state index contributed by atoms with van der Waals surface area (Å²) in [4.78, 5) is 0. The van der Waals surface area contributed by atoms with Crippen LogP contribution in [0.25, 0.3) is 0 Å². The summed E-state index contributed by atoms with van der Waals surface area (Å²) in [6, 6.07) is 9.25. The summed E-state index contributed by atoms with van der Waals surface area (Å²) in [6.07, 6.45) is 1.20. The highest BCUT2D eigenvalue weighted by molar-refractivity contribution is 5.28. The van der Waals surface area contributed by atoms with Gasteiger partial charge in [-0.15, -0.1) is 0 Å². The predicted molar refractivity (Wildman–Crippen MR) is 62.7 cm³/mol. The Kier molecular flexibility index (Phi) is 4.15. The first-order valence-corrected chi connectivity index (χ1v) is 5.38. The van der Waals surface area contributed by atoms with Crippen LogP contribution in [0.4, 0.5) is 0 Å². The molecule has 0 saturated carbocycles. The van der Waals surface area contributed by atoms with Crippen molar-refractivity contribution in [2.75, 3.05) is 7.05 Å². The van der Waals surface area contributed by atoms with Crippen molar-refractivity contribution in [3.8, 4) is 0 Å². The van der Waals surface area contributed by atoms with Crippen molar-refractivity contribution >= 4 is 0 Å². The molecule has 0 heterocycles. The molecule has 0 radical (unpaired) electrons. The Morgan fingerprint density at radius 2 is 1.86 bits per heavy atom. The molecule has 0 spiro atoms. The summed E-state index contributed by atoms with van der Waals surface area (Å²) in [5.41, 5.74) is 2.89. The topological polar surface area (TPSA) is 12.0 Å². The van der Waals surface area contributed by atoms with Gasteiger partial charge in [0.1, 0.15) is 0 Å². The van der Waals surface area contributed by atoms with Crippen LogP contribution < -0.4 is 5.32 Å². The molecule has 2 unspecified atom stereocenters. The lowest BCUT2D eigenvalue weighted by atomic mass is 9.91. The quantitative estimate of drug-likeness (QED) is 0.771. The molecule has 0 fully saturated rings. The molecule has 1 N–H and O–H groups in total. The third-order valence-corrected chi connectivity index (χ3v) is 2.92. The number of aryl methyl sites for hydroxylation is 1. The second kappa shape index (κ2) is 5.16. The lowest BCUT2D eigenvalue weighted by molar-refractivity contribution is 0.515. The third kappa shape index (κ3) is 2.85. The van der Waals surface area contributed by atoms with Crippen molar-refractivity contribution in [1.29, 1.82) is 0 Å². The molecule has 1 aromatic carbocycles. The summed E-state index contributed by atoms with van der Waals surface area (Å²) < 4.78 is 0. The molecule has 78 valence electrons. The molecule has 2 atom stereocenters. The largest absolute Gasteiger partial charge is 0.317 e. The van der Waals surface area contributed by atoms with Gasteiger partial charge in [0.25, 0.3) is 0 Å². The van der Waals surface area contributed by atoms with Gasteiger partial charge in [0.2, 0.25) is 0 Å². The van der Waals surface area contributed by atoms with Crippen LogP contribution in [0, 0.1) is 6.92 Å². The Morgan fingerprint density at radius 3 is 2.43 bits per heavy atom. The molecule has 1 rings (SSSR count). The minimum atomic E-state index is 0.588. The zero-order valence-electron chi connectivity index (χ0n) is 9.67. The first-order valence-electron chi connectivity index (χ1n) is 5.38. The Morgan fingerprint density at radius 1 is 1.21 bits per heavy atom. The van der Waals surface area contributed by atoms with E-state index in [0.29, 0.717) is 12.0 Å². The van der Waals surface area contributed by atoms with Crippen molar-refractivity contribution in [2.24, 2.45) is 0 Å². The van der Waals surface area contributed by atoms with Gasteiger partial charge < -0.3 is 5.32 Å². The van der Waals surface area contributed by atoms with Gasteiger partial charge in [-0.25, -0.2) is 0 Å². The van der Waals surface area contributed by atoms with E-state index in [0.717, 1.165) is 0 Å². The number of nitrogens with one attached hydrogen (secondary N) is 1.